The zero-order chi connectivity index (χ0) is 14.2. The molecule has 0 amide bonds. The van der Waals surface area contributed by atoms with Gasteiger partial charge in [-0.3, -0.25) is 10.1 Å². The van der Waals surface area contributed by atoms with Gasteiger partial charge in [0.25, 0.3) is 5.69 Å². The Morgan fingerprint density at radius 1 is 1.53 bits per heavy atom. The van der Waals surface area contributed by atoms with E-state index in [2.05, 4.69) is 27.5 Å². The molecule has 0 aliphatic carbocycles. The smallest absolute Gasteiger partial charge is 0.272 e. The normalized spacial score (nSPS) is 23.1. The molecule has 0 radical (unpaired) electrons. The van der Waals surface area contributed by atoms with Crippen molar-refractivity contribution in [1.82, 2.24) is 4.90 Å². The minimum absolute atomic E-state index is 0.156. The van der Waals surface area contributed by atoms with Gasteiger partial charge >= 0.3 is 0 Å². The van der Waals surface area contributed by atoms with E-state index in [1.807, 2.05) is 19.0 Å². The third kappa shape index (κ3) is 2.81. The maximum Gasteiger partial charge on any atom is 0.272 e. The number of halogens is 2. The van der Waals surface area contributed by atoms with Gasteiger partial charge in [0.1, 0.15) is 0 Å². The van der Waals surface area contributed by atoms with Crippen molar-refractivity contribution in [2.45, 2.75) is 16.5 Å². The zero-order valence-electron chi connectivity index (χ0n) is 10.7. The van der Waals surface area contributed by atoms with Crippen LogP contribution in [0.4, 0.5) is 15.8 Å². The van der Waals surface area contributed by atoms with Crippen LogP contribution in [0.25, 0.3) is 0 Å². The number of alkyl halides is 1. The van der Waals surface area contributed by atoms with E-state index in [0.717, 1.165) is 19.0 Å². The molecule has 1 aromatic rings. The van der Waals surface area contributed by atoms with Crippen molar-refractivity contribution in [3.8, 4) is 0 Å². The van der Waals surface area contributed by atoms with Crippen LogP contribution >= 0.6 is 22.6 Å². The minimum atomic E-state index is -0.582. The second kappa shape index (κ2) is 5.58. The minimum Gasteiger partial charge on any atom is -0.356 e. The summed E-state index contributed by atoms with van der Waals surface area (Å²) in [6.07, 6.45) is 0.955. The van der Waals surface area contributed by atoms with Crippen molar-refractivity contribution in [2.75, 3.05) is 25.5 Å². The molecule has 0 spiro atoms. The summed E-state index contributed by atoms with van der Waals surface area (Å²) in [5, 5.41) is 10.6. The Bertz CT molecular complexity index is 498. The molecule has 0 N–H and O–H groups in total. The summed E-state index contributed by atoms with van der Waals surface area (Å²) >= 11 is 2.30. The van der Waals surface area contributed by atoms with E-state index in [1.165, 1.54) is 12.1 Å². The van der Waals surface area contributed by atoms with Gasteiger partial charge in [-0.25, -0.2) is 4.39 Å². The topological polar surface area (TPSA) is 49.6 Å². The number of hydrogen-bond donors (Lipinski definition) is 0. The second-order valence-corrected chi connectivity index (χ2v) is 6.05. The van der Waals surface area contributed by atoms with Crippen molar-refractivity contribution in [1.29, 1.82) is 0 Å². The van der Waals surface area contributed by atoms with Crippen LogP contribution in [0.2, 0.25) is 0 Å². The fraction of sp³-hybridized carbons (Fsp3) is 0.500. The lowest BCUT2D eigenvalue weighted by Gasteiger charge is -2.28. The van der Waals surface area contributed by atoms with Crippen LogP contribution in [0.3, 0.4) is 0 Å². The lowest BCUT2D eigenvalue weighted by atomic mass is 10.2. The average Bonchev–Trinajstić information content (AvgIpc) is 2.71. The molecule has 2 rings (SSSR count). The molecule has 0 saturated carbocycles. The molecule has 1 aliphatic heterocycles. The van der Waals surface area contributed by atoms with Crippen LogP contribution in [0.15, 0.2) is 18.2 Å². The lowest BCUT2D eigenvalue weighted by Crippen LogP contribution is -2.38. The Kier molecular flexibility index (Phi) is 4.24. The van der Waals surface area contributed by atoms with Crippen LogP contribution in [-0.2, 0) is 0 Å². The van der Waals surface area contributed by atoms with Crippen molar-refractivity contribution < 1.29 is 9.31 Å². The molecular weight excluding hydrogens is 364 g/mol. The maximum atomic E-state index is 14.0. The van der Waals surface area contributed by atoms with Gasteiger partial charge in [-0.05, 0) is 26.6 Å². The highest BCUT2D eigenvalue weighted by Gasteiger charge is 2.34. The molecule has 0 aromatic heterocycles. The Balaban J connectivity index is 2.26. The molecule has 7 heteroatoms. The van der Waals surface area contributed by atoms with Crippen molar-refractivity contribution >= 4 is 34.0 Å². The van der Waals surface area contributed by atoms with E-state index in [-0.39, 0.29) is 9.74 Å². The third-order valence-electron chi connectivity index (χ3n) is 3.40. The fourth-order valence-corrected chi connectivity index (χ4v) is 3.92. The molecule has 1 saturated heterocycles. The largest absolute Gasteiger partial charge is 0.356 e. The van der Waals surface area contributed by atoms with E-state index in [1.54, 1.807) is 0 Å². The molecule has 1 aromatic carbocycles. The molecule has 0 bridgehead atoms. The van der Waals surface area contributed by atoms with Gasteiger partial charge in [0, 0.05) is 18.7 Å². The number of hydrogen-bond acceptors (Lipinski definition) is 4. The first kappa shape index (κ1) is 14.4. The summed E-state index contributed by atoms with van der Waals surface area (Å²) in [5.41, 5.74) is 0.226. The molecule has 2 unspecified atom stereocenters. The molecule has 5 nitrogen and oxygen atoms in total. The number of nitro benzene ring substituents is 1. The first-order valence-corrected chi connectivity index (χ1v) is 7.17. The van der Waals surface area contributed by atoms with Gasteiger partial charge in [0.15, 0.2) is 5.82 Å². The van der Waals surface area contributed by atoms with Crippen LogP contribution in [0.1, 0.15) is 6.42 Å². The van der Waals surface area contributed by atoms with E-state index < -0.39 is 10.7 Å². The number of likely N-dealkylation sites (N-methyl/N-ethyl adjacent to an activating group) is 1. The Morgan fingerprint density at radius 3 is 2.68 bits per heavy atom. The average molecular weight is 379 g/mol. The van der Waals surface area contributed by atoms with Crippen LogP contribution in [0.5, 0.6) is 0 Å². The monoisotopic (exact) mass is 379 g/mol. The number of anilines is 1. The van der Waals surface area contributed by atoms with E-state index >= 15 is 0 Å². The van der Waals surface area contributed by atoms with E-state index in [4.69, 9.17) is 0 Å². The zero-order valence-corrected chi connectivity index (χ0v) is 12.9. The van der Waals surface area contributed by atoms with Crippen molar-refractivity contribution in [2.24, 2.45) is 0 Å². The van der Waals surface area contributed by atoms with Crippen LogP contribution in [0, 0.1) is 15.9 Å². The first-order valence-electron chi connectivity index (χ1n) is 5.93. The number of nitro groups is 1. The number of nitrogens with zero attached hydrogens (tertiary/aromatic N) is 3. The molecular formula is C12H15FIN3O2. The summed E-state index contributed by atoms with van der Waals surface area (Å²) in [5.74, 6) is -0.532. The molecule has 1 fully saturated rings. The van der Waals surface area contributed by atoms with Crippen molar-refractivity contribution in [3.05, 3.63) is 34.1 Å². The van der Waals surface area contributed by atoms with Gasteiger partial charge in [-0.2, -0.15) is 0 Å². The highest BCUT2D eigenvalue weighted by molar-refractivity contribution is 14.1. The summed E-state index contributed by atoms with van der Waals surface area (Å²) < 4.78 is 14.2. The van der Waals surface area contributed by atoms with Gasteiger partial charge in [-0.15, -0.1) is 0 Å². The molecule has 1 aliphatic rings. The van der Waals surface area contributed by atoms with E-state index in [9.17, 15) is 14.5 Å². The fourth-order valence-electron chi connectivity index (χ4n) is 2.34. The maximum absolute atomic E-state index is 14.0. The van der Waals surface area contributed by atoms with Gasteiger partial charge in [0.2, 0.25) is 0 Å². The third-order valence-corrected chi connectivity index (χ3v) is 4.90. The highest BCUT2D eigenvalue weighted by atomic mass is 127. The second-order valence-electron chi connectivity index (χ2n) is 4.78. The first-order chi connectivity index (χ1) is 8.91. The highest BCUT2D eigenvalue weighted by Crippen LogP contribution is 2.34. The SMILES string of the molecule is CN(C)C1CCN(c2ccc([N+](=O)[O-])cc2F)C1I. The molecule has 19 heavy (non-hydrogen) atoms. The predicted octanol–water partition coefficient (Wildman–Crippen LogP) is 2.64. The Morgan fingerprint density at radius 2 is 2.21 bits per heavy atom. The van der Waals surface area contributed by atoms with Gasteiger partial charge < -0.3 is 9.80 Å². The molecule has 2 atom stereocenters. The van der Waals surface area contributed by atoms with Crippen molar-refractivity contribution in [3.63, 3.8) is 0 Å². The Labute approximate surface area is 124 Å². The van der Waals surface area contributed by atoms with Crippen LogP contribution < -0.4 is 4.90 Å². The summed E-state index contributed by atoms with van der Waals surface area (Å²) in [7, 11) is 4.01. The quantitative estimate of drug-likeness (QED) is 0.266. The standard InChI is InChI=1S/C12H15FIN3O2/c1-15(2)11-5-6-16(12(11)14)10-4-3-8(17(18)19)7-9(10)13/h3-4,7,11-12H,5-6H2,1-2H3. The van der Waals surface area contributed by atoms with Gasteiger partial charge in [0.05, 0.1) is 20.7 Å². The number of rotatable bonds is 3. The summed E-state index contributed by atoms with van der Waals surface area (Å²) in [6.45, 7) is 0.755. The lowest BCUT2D eigenvalue weighted by molar-refractivity contribution is -0.385. The van der Waals surface area contributed by atoms with Crippen LogP contribution in [-0.4, -0.2) is 40.6 Å². The molecule has 1 heterocycles. The van der Waals surface area contributed by atoms with Gasteiger partial charge in [-0.1, -0.05) is 22.6 Å². The predicted molar refractivity (Wildman–Crippen MR) is 80.3 cm³/mol. The number of benzene rings is 1. The summed E-state index contributed by atoms with van der Waals surface area (Å²) in [4.78, 5) is 14.1. The Hall–Kier alpha value is -0.960. The number of non-ortho nitro benzene ring substituents is 1. The molecule has 104 valence electrons. The van der Waals surface area contributed by atoms with E-state index in [0.29, 0.717) is 11.7 Å². The summed E-state index contributed by atoms with van der Waals surface area (Å²) in [6, 6.07) is 4.19.